The van der Waals surface area contributed by atoms with Gasteiger partial charge in [0.05, 0.1) is 13.1 Å². The quantitative estimate of drug-likeness (QED) is 0.120. The molecule has 2 fully saturated rings. The van der Waals surface area contributed by atoms with Crippen LogP contribution in [0.5, 0.6) is 0 Å². The molecule has 0 heterocycles. The molecule has 0 aliphatic heterocycles. The lowest BCUT2D eigenvalue weighted by molar-refractivity contribution is -0.154. The Hall–Kier alpha value is -4.54. The first kappa shape index (κ1) is 48.5. The number of Topliss-reactive ketones (excluding diaryl/α,β-unsaturated/α-hetero) is 4. The first-order valence-electron chi connectivity index (χ1n) is 17.8. The van der Waals surface area contributed by atoms with Gasteiger partial charge < -0.3 is 36.6 Å². The van der Waals surface area contributed by atoms with Crippen LogP contribution in [0.4, 0.5) is 0 Å². The van der Waals surface area contributed by atoms with Crippen LogP contribution in [0.2, 0.25) is 0 Å². The van der Waals surface area contributed by atoms with E-state index >= 15 is 0 Å². The predicted octanol–water partition coefficient (Wildman–Crippen LogP) is 0.529. The van der Waals surface area contributed by atoms with E-state index in [-0.39, 0.29) is 109 Å². The number of aliphatic carboxylic acids is 1. The first-order chi connectivity index (χ1) is 24.3. The van der Waals surface area contributed by atoms with Gasteiger partial charge in [-0.2, -0.15) is 0 Å². The molecule has 53 heavy (non-hydrogen) atoms. The van der Waals surface area contributed by atoms with Crippen molar-refractivity contribution in [2.45, 2.75) is 117 Å². The maximum atomic E-state index is 12.1. The van der Waals surface area contributed by atoms with Crippen LogP contribution in [0.25, 0.3) is 0 Å². The molecule has 0 radical (unpaired) electrons. The van der Waals surface area contributed by atoms with E-state index in [1.165, 1.54) is 0 Å². The summed E-state index contributed by atoms with van der Waals surface area (Å²) in [5.41, 5.74) is -0.624. The van der Waals surface area contributed by atoms with Crippen molar-refractivity contribution < 1.29 is 63.3 Å². The normalized spacial score (nSPS) is 19.3. The van der Waals surface area contributed by atoms with Crippen molar-refractivity contribution in [3.8, 4) is 0 Å². The number of nitrogens with one attached hydrogen (secondary N) is 4. The summed E-state index contributed by atoms with van der Waals surface area (Å²) in [7, 11) is 0. The summed E-state index contributed by atoms with van der Waals surface area (Å²) < 4.78 is 5.07. The van der Waals surface area contributed by atoms with E-state index in [0.29, 0.717) is 51.4 Å². The van der Waals surface area contributed by atoms with Crippen LogP contribution in [-0.2, 0) is 52.7 Å². The van der Waals surface area contributed by atoms with E-state index in [9.17, 15) is 47.9 Å². The van der Waals surface area contributed by atoms with Crippen molar-refractivity contribution in [3.05, 3.63) is 0 Å². The molecule has 0 unspecified atom stereocenters. The van der Waals surface area contributed by atoms with E-state index in [4.69, 9.17) is 9.84 Å². The lowest BCUT2D eigenvalue weighted by Gasteiger charge is -2.26. The molecule has 2 rings (SSSR count). The average molecular weight is 755 g/mol. The standard InChI is InChI=1S/C20H32N2O6.C16H24N2O6.H2O/c1-13(23)14-5-7-15(8-6-14)19(27)22-11-16(24)9-10-17(25)21-12-18(26)28-20(2,3)4;1-10(19)11-2-4-12(5-3-11)16(24)18-8-13(20)6-7-14(21)17-9-15(22)23;/h14-15H,5-12H2,1-4H3,(H,21,25)(H,22,27);11-12H,2-9H2,1H3,(H,17,21)(H,18,24)(H,22,23);1H2. The summed E-state index contributed by atoms with van der Waals surface area (Å²) in [4.78, 5) is 115. The highest BCUT2D eigenvalue weighted by Gasteiger charge is 2.29. The van der Waals surface area contributed by atoms with Crippen LogP contribution in [-0.4, -0.2) is 101 Å². The molecular formula is C36H58N4O13. The zero-order valence-corrected chi connectivity index (χ0v) is 31.6. The highest BCUT2D eigenvalue weighted by atomic mass is 16.6. The van der Waals surface area contributed by atoms with Crippen LogP contribution in [0.15, 0.2) is 0 Å². The van der Waals surface area contributed by atoms with Crippen LogP contribution >= 0.6 is 0 Å². The Morgan fingerprint density at radius 1 is 0.528 bits per heavy atom. The molecule has 2 aliphatic rings. The van der Waals surface area contributed by atoms with Gasteiger partial charge in [-0.05, 0) is 86.0 Å². The monoisotopic (exact) mass is 754 g/mol. The number of carboxylic acids is 1. The number of carboxylic acid groups (broad SMARTS) is 1. The van der Waals surface area contributed by atoms with Crippen molar-refractivity contribution in [3.63, 3.8) is 0 Å². The van der Waals surface area contributed by atoms with E-state index in [0.717, 1.165) is 0 Å². The second kappa shape index (κ2) is 24.7. The molecule has 4 amide bonds. The fourth-order valence-corrected chi connectivity index (χ4v) is 5.77. The molecule has 0 aromatic carbocycles. The lowest BCUT2D eigenvalue weighted by Crippen LogP contribution is -2.37. The van der Waals surface area contributed by atoms with Crippen molar-refractivity contribution in [2.75, 3.05) is 26.2 Å². The predicted molar refractivity (Wildman–Crippen MR) is 190 cm³/mol. The molecule has 2 aliphatic carbocycles. The highest BCUT2D eigenvalue weighted by Crippen LogP contribution is 2.30. The number of rotatable bonds is 18. The molecule has 7 N–H and O–H groups in total. The zero-order chi connectivity index (χ0) is 39.4. The maximum absolute atomic E-state index is 12.1. The Morgan fingerprint density at radius 2 is 0.868 bits per heavy atom. The van der Waals surface area contributed by atoms with Gasteiger partial charge in [-0.1, -0.05) is 0 Å². The molecule has 0 bridgehead atoms. The van der Waals surface area contributed by atoms with Gasteiger partial charge in [0.15, 0.2) is 11.6 Å². The average Bonchev–Trinajstić information content (AvgIpc) is 3.08. The minimum Gasteiger partial charge on any atom is -0.480 e. The number of carbonyl (C=O) groups is 10. The summed E-state index contributed by atoms with van der Waals surface area (Å²) in [5.74, 6) is -3.47. The number of amides is 4. The van der Waals surface area contributed by atoms with Crippen LogP contribution in [0, 0.1) is 23.7 Å². The van der Waals surface area contributed by atoms with Crippen LogP contribution in [0.3, 0.4) is 0 Å². The summed E-state index contributed by atoms with van der Waals surface area (Å²) in [5, 5.41) is 18.2. The van der Waals surface area contributed by atoms with Crippen molar-refractivity contribution >= 4 is 58.7 Å². The largest absolute Gasteiger partial charge is 0.480 e. The van der Waals surface area contributed by atoms with Gasteiger partial charge >= 0.3 is 11.9 Å². The number of hydrogen-bond donors (Lipinski definition) is 5. The Kier molecular flexibility index (Phi) is 22.5. The minimum absolute atomic E-state index is 0. The fourth-order valence-electron chi connectivity index (χ4n) is 5.77. The van der Waals surface area contributed by atoms with Gasteiger partial charge in [0.1, 0.15) is 30.3 Å². The highest BCUT2D eigenvalue weighted by molar-refractivity contribution is 5.91. The van der Waals surface area contributed by atoms with Crippen molar-refractivity contribution in [2.24, 2.45) is 23.7 Å². The van der Waals surface area contributed by atoms with Gasteiger partial charge in [-0.25, -0.2) is 0 Å². The molecule has 2 saturated carbocycles. The topological polar surface area (TPSA) is 280 Å². The van der Waals surface area contributed by atoms with E-state index < -0.39 is 35.9 Å². The second-order valence-electron chi connectivity index (χ2n) is 14.4. The van der Waals surface area contributed by atoms with Crippen LogP contribution < -0.4 is 21.3 Å². The Morgan fingerprint density at radius 3 is 1.19 bits per heavy atom. The lowest BCUT2D eigenvalue weighted by atomic mass is 9.80. The molecule has 0 aromatic heterocycles. The van der Waals surface area contributed by atoms with Crippen molar-refractivity contribution in [1.29, 1.82) is 0 Å². The maximum Gasteiger partial charge on any atom is 0.325 e. The van der Waals surface area contributed by atoms with Gasteiger partial charge in [0.2, 0.25) is 23.6 Å². The molecule has 0 spiro atoms. The van der Waals surface area contributed by atoms with Crippen LogP contribution in [0.1, 0.15) is 112 Å². The summed E-state index contributed by atoms with van der Waals surface area (Å²) >= 11 is 0. The van der Waals surface area contributed by atoms with E-state index in [1.54, 1.807) is 34.6 Å². The summed E-state index contributed by atoms with van der Waals surface area (Å²) in [6.45, 7) is 7.35. The Labute approximate surface area is 310 Å². The van der Waals surface area contributed by atoms with Gasteiger partial charge in [-0.3, -0.25) is 47.9 Å². The third-order valence-corrected chi connectivity index (χ3v) is 8.81. The van der Waals surface area contributed by atoms with E-state index in [2.05, 4.69) is 21.3 Å². The Balaban J connectivity index is 0.00000101. The molecule has 0 aromatic rings. The van der Waals surface area contributed by atoms with Gasteiger partial charge in [0, 0.05) is 49.4 Å². The number of ketones is 4. The van der Waals surface area contributed by atoms with E-state index in [1.807, 2.05) is 0 Å². The molecule has 0 atom stereocenters. The molecule has 0 saturated heterocycles. The summed E-state index contributed by atoms with van der Waals surface area (Å²) in [6.07, 6.45) is 5.17. The number of carbonyl (C=O) groups excluding carboxylic acids is 9. The molecule has 17 heteroatoms. The fraction of sp³-hybridized carbons (Fsp3) is 0.722. The Bertz CT molecular complexity index is 1310. The third kappa shape index (κ3) is 22.2. The minimum atomic E-state index is -1.15. The van der Waals surface area contributed by atoms with Gasteiger partial charge in [-0.15, -0.1) is 0 Å². The molecule has 17 nitrogen and oxygen atoms in total. The SMILES string of the molecule is CC(=O)C1CCC(C(=O)NCC(=O)CCC(=O)NCC(=O)O)CC1.CC(=O)C1CCC(C(=O)NCC(=O)CCC(=O)NCC(=O)OC(C)(C)C)CC1.O. The number of esters is 1. The zero-order valence-electron chi connectivity index (χ0n) is 31.6. The second-order valence-corrected chi connectivity index (χ2v) is 14.4. The smallest absolute Gasteiger partial charge is 0.325 e. The van der Waals surface area contributed by atoms with Crippen molar-refractivity contribution in [1.82, 2.24) is 21.3 Å². The number of hydrogen-bond acceptors (Lipinski definition) is 11. The summed E-state index contributed by atoms with van der Waals surface area (Å²) in [6, 6.07) is 0. The third-order valence-electron chi connectivity index (χ3n) is 8.81. The first-order valence-corrected chi connectivity index (χ1v) is 17.8. The van der Waals surface area contributed by atoms with Gasteiger partial charge in [0.25, 0.3) is 0 Å². The number of ether oxygens (including phenoxy) is 1. The molecular weight excluding hydrogens is 696 g/mol. The molecule has 300 valence electrons.